The number of sulfonamides is 1. The number of imide groups is 1. The van der Waals surface area contributed by atoms with Gasteiger partial charge in [-0.1, -0.05) is 25.0 Å². The normalized spacial score (nSPS) is 21.7. The zero-order chi connectivity index (χ0) is 21.3. The van der Waals surface area contributed by atoms with Crippen molar-refractivity contribution in [3.8, 4) is 5.75 Å². The summed E-state index contributed by atoms with van der Waals surface area (Å²) in [5, 5.41) is 1.88. The maximum absolute atomic E-state index is 12.9. The molecule has 1 aliphatic carbocycles. The van der Waals surface area contributed by atoms with Crippen LogP contribution in [0, 0.1) is 11.8 Å². The molecule has 2 fully saturated rings. The molecule has 1 aromatic carbocycles. The van der Waals surface area contributed by atoms with Crippen molar-refractivity contribution in [3.05, 3.63) is 46.2 Å². The number of nitrogens with zero attached hydrogens (tertiary/aromatic N) is 1. The van der Waals surface area contributed by atoms with Gasteiger partial charge >= 0.3 is 0 Å². The second-order valence-corrected chi connectivity index (χ2v) is 10.4. The third-order valence-corrected chi connectivity index (χ3v) is 8.11. The zero-order valence-corrected chi connectivity index (χ0v) is 18.3. The highest BCUT2D eigenvalue weighted by atomic mass is 32.2. The molecule has 2 unspecified atom stereocenters. The fraction of sp³-hybridized carbons (Fsp3) is 0.429. The molecule has 1 aliphatic heterocycles. The smallest absolute Gasteiger partial charge is 0.244 e. The van der Waals surface area contributed by atoms with E-state index in [0.29, 0.717) is 5.56 Å². The Morgan fingerprint density at radius 2 is 1.83 bits per heavy atom. The summed E-state index contributed by atoms with van der Waals surface area (Å²) >= 11 is 1.46. The molecule has 0 spiro atoms. The highest BCUT2D eigenvalue weighted by Crippen LogP contribution is 2.39. The van der Waals surface area contributed by atoms with Crippen LogP contribution in [0.1, 0.15) is 36.1 Å². The van der Waals surface area contributed by atoms with Gasteiger partial charge in [-0.25, -0.2) is 13.1 Å². The predicted molar refractivity (Wildman–Crippen MR) is 112 cm³/mol. The van der Waals surface area contributed by atoms with Crippen molar-refractivity contribution >= 4 is 33.2 Å². The number of rotatable bonds is 7. The van der Waals surface area contributed by atoms with Crippen LogP contribution in [0.15, 0.2) is 40.6 Å². The molecule has 7 nitrogen and oxygen atoms in total. The summed E-state index contributed by atoms with van der Waals surface area (Å²) in [5.74, 6) is -0.507. The number of thiophene rings is 1. The van der Waals surface area contributed by atoms with Crippen LogP contribution in [-0.4, -0.2) is 32.2 Å². The fourth-order valence-electron chi connectivity index (χ4n) is 4.26. The van der Waals surface area contributed by atoms with Gasteiger partial charge in [0.15, 0.2) is 0 Å². The Kier molecular flexibility index (Phi) is 5.95. The molecule has 0 radical (unpaired) electrons. The van der Waals surface area contributed by atoms with Crippen LogP contribution >= 0.6 is 11.3 Å². The minimum atomic E-state index is -3.84. The molecule has 1 aromatic heterocycles. The lowest BCUT2D eigenvalue weighted by atomic mass is 9.81. The summed E-state index contributed by atoms with van der Waals surface area (Å²) in [6.07, 6.45) is 3.44. The van der Waals surface area contributed by atoms with Crippen LogP contribution in [-0.2, 0) is 32.7 Å². The Labute approximate surface area is 180 Å². The molecule has 2 amide bonds. The first-order chi connectivity index (χ1) is 14.4. The summed E-state index contributed by atoms with van der Waals surface area (Å²) in [6.45, 7) is 0.252. The number of amides is 2. The Morgan fingerprint density at radius 1 is 1.13 bits per heavy atom. The Bertz CT molecular complexity index is 1030. The number of nitrogens with one attached hydrogen (secondary N) is 1. The van der Waals surface area contributed by atoms with Gasteiger partial charge in [-0.15, -0.1) is 11.3 Å². The van der Waals surface area contributed by atoms with Crippen molar-refractivity contribution in [2.45, 2.75) is 43.7 Å². The number of carbonyl (C=O) groups is 2. The molecule has 2 aliphatic rings. The van der Waals surface area contributed by atoms with Gasteiger partial charge in [-0.2, -0.15) is 0 Å². The first-order valence-electron chi connectivity index (χ1n) is 9.95. The van der Waals surface area contributed by atoms with Crippen molar-refractivity contribution in [2.75, 3.05) is 7.11 Å². The van der Waals surface area contributed by atoms with Crippen molar-refractivity contribution < 1.29 is 22.7 Å². The molecular weight excluding hydrogens is 424 g/mol. The van der Waals surface area contributed by atoms with Crippen molar-refractivity contribution in [1.82, 2.24) is 9.62 Å². The first kappa shape index (κ1) is 21.0. The molecule has 2 heterocycles. The van der Waals surface area contributed by atoms with Gasteiger partial charge in [-0.05, 0) is 42.0 Å². The van der Waals surface area contributed by atoms with E-state index in [0.717, 1.165) is 30.6 Å². The number of benzene rings is 1. The predicted octanol–water partition coefficient (Wildman–Crippen LogP) is 2.91. The van der Waals surface area contributed by atoms with Crippen molar-refractivity contribution in [3.63, 3.8) is 0 Å². The summed E-state index contributed by atoms with van der Waals surface area (Å²) in [6, 6.07) is 8.45. The van der Waals surface area contributed by atoms with E-state index in [1.807, 2.05) is 17.5 Å². The summed E-state index contributed by atoms with van der Waals surface area (Å²) in [4.78, 5) is 27.7. The van der Waals surface area contributed by atoms with Gasteiger partial charge in [0.25, 0.3) is 0 Å². The van der Waals surface area contributed by atoms with Crippen LogP contribution in [0.25, 0.3) is 0 Å². The molecular formula is C21H24N2O5S2. The molecule has 1 saturated heterocycles. The fourth-order valence-corrected chi connectivity index (χ4v) is 6.22. The van der Waals surface area contributed by atoms with Crippen LogP contribution in [0.3, 0.4) is 0 Å². The number of fused-ring (bicyclic) bond motifs is 1. The van der Waals surface area contributed by atoms with Crippen LogP contribution < -0.4 is 9.46 Å². The number of methoxy groups -OCH3 is 1. The number of carbonyl (C=O) groups excluding carboxylic acids is 2. The standard InChI is InChI=1S/C21H24N2O5S2/c1-28-18-9-8-14(11-19(18)30(26,27)22-12-15-5-4-10-29-15)13-23-20(24)16-6-2-3-7-17(16)21(23)25/h4-5,8-11,16-17,22H,2-3,6-7,12-13H2,1H3. The second kappa shape index (κ2) is 8.49. The van der Waals surface area contributed by atoms with Gasteiger partial charge in [-0.3, -0.25) is 14.5 Å². The average Bonchev–Trinajstić information content (AvgIpc) is 3.36. The van der Waals surface area contributed by atoms with Gasteiger partial charge in [0, 0.05) is 11.4 Å². The van der Waals surface area contributed by atoms with Crippen LogP contribution in [0.4, 0.5) is 0 Å². The van der Waals surface area contributed by atoms with E-state index in [1.165, 1.54) is 29.4 Å². The molecule has 4 rings (SSSR count). The molecule has 2 aromatic rings. The van der Waals surface area contributed by atoms with E-state index < -0.39 is 10.0 Å². The lowest BCUT2D eigenvalue weighted by molar-refractivity contribution is -0.140. The molecule has 160 valence electrons. The highest BCUT2D eigenvalue weighted by molar-refractivity contribution is 7.89. The summed E-state index contributed by atoms with van der Waals surface area (Å²) in [7, 11) is -2.43. The molecule has 0 bridgehead atoms. The van der Waals surface area contributed by atoms with Crippen LogP contribution in [0.5, 0.6) is 5.75 Å². The first-order valence-corrected chi connectivity index (χ1v) is 12.3. The quantitative estimate of drug-likeness (QED) is 0.658. The largest absolute Gasteiger partial charge is 0.495 e. The van der Waals surface area contributed by atoms with Crippen molar-refractivity contribution in [2.24, 2.45) is 11.8 Å². The lowest BCUT2D eigenvalue weighted by Gasteiger charge is -2.19. The van der Waals surface area contributed by atoms with Crippen LogP contribution in [0.2, 0.25) is 0 Å². The second-order valence-electron chi connectivity index (χ2n) is 7.65. The number of likely N-dealkylation sites (tertiary alicyclic amines) is 1. The van der Waals surface area contributed by atoms with Gasteiger partial charge in [0.05, 0.1) is 25.5 Å². The van der Waals surface area contributed by atoms with E-state index in [9.17, 15) is 18.0 Å². The molecule has 30 heavy (non-hydrogen) atoms. The molecule has 9 heteroatoms. The van der Waals surface area contributed by atoms with E-state index >= 15 is 0 Å². The minimum Gasteiger partial charge on any atom is -0.495 e. The zero-order valence-electron chi connectivity index (χ0n) is 16.7. The van der Waals surface area contributed by atoms with E-state index in [2.05, 4.69) is 4.72 Å². The number of hydrogen-bond acceptors (Lipinski definition) is 6. The van der Waals surface area contributed by atoms with Gasteiger partial charge in [0.1, 0.15) is 10.6 Å². The Hall–Kier alpha value is -2.23. The SMILES string of the molecule is COc1ccc(CN2C(=O)C3CCCCC3C2=O)cc1S(=O)(=O)NCc1cccs1. The van der Waals surface area contributed by atoms with E-state index in [1.54, 1.807) is 12.1 Å². The molecule has 1 N–H and O–H groups in total. The van der Waals surface area contributed by atoms with E-state index in [-0.39, 0.29) is 47.4 Å². The lowest BCUT2D eigenvalue weighted by Crippen LogP contribution is -2.30. The highest BCUT2D eigenvalue weighted by Gasteiger charge is 2.47. The average molecular weight is 449 g/mol. The maximum atomic E-state index is 12.9. The van der Waals surface area contributed by atoms with Gasteiger partial charge in [0.2, 0.25) is 21.8 Å². The molecule has 1 saturated carbocycles. The van der Waals surface area contributed by atoms with E-state index in [4.69, 9.17) is 4.74 Å². The Balaban J connectivity index is 1.56. The van der Waals surface area contributed by atoms with Crippen molar-refractivity contribution in [1.29, 1.82) is 0 Å². The summed E-state index contributed by atoms with van der Waals surface area (Å²) < 4.78 is 33.6. The third kappa shape index (κ3) is 4.01. The summed E-state index contributed by atoms with van der Waals surface area (Å²) in [5.41, 5.74) is 0.577. The third-order valence-electron chi connectivity index (χ3n) is 5.81. The number of hydrogen-bond donors (Lipinski definition) is 1. The maximum Gasteiger partial charge on any atom is 0.244 e. The topological polar surface area (TPSA) is 92.8 Å². The minimum absolute atomic E-state index is 0.00410. The number of ether oxygens (including phenoxy) is 1. The Morgan fingerprint density at radius 3 is 2.43 bits per heavy atom. The van der Waals surface area contributed by atoms with Gasteiger partial charge < -0.3 is 4.74 Å². The molecule has 2 atom stereocenters. The monoisotopic (exact) mass is 448 g/mol.